The Balaban J connectivity index is 3.64. The van der Waals surface area contributed by atoms with Crippen molar-refractivity contribution in [2.24, 2.45) is 0 Å². The predicted octanol–water partition coefficient (Wildman–Crippen LogP) is 1.97. The summed E-state index contributed by atoms with van der Waals surface area (Å²) in [5.74, 6) is -1.83. The van der Waals surface area contributed by atoms with Crippen molar-refractivity contribution < 1.29 is 30.6 Å². The van der Waals surface area contributed by atoms with Crippen LogP contribution in [-0.2, 0) is 20.2 Å². The molecule has 0 radical (unpaired) electrons. The summed E-state index contributed by atoms with van der Waals surface area (Å²) < 4.78 is 61.6. The molecule has 1 aromatic carbocycles. The Kier molecular flexibility index (Phi) is 6.11. The first-order valence-corrected chi connectivity index (χ1v) is 9.89. The zero-order chi connectivity index (χ0) is 17.8. The second-order valence-electron chi connectivity index (χ2n) is 4.79. The van der Waals surface area contributed by atoms with Crippen molar-refractivity contribution in [1.29, 1.82) is 0 Å². The molecule has 0 heterocycles. The van der Waals surface area contributed by atoms with Crippen molar-refractivity contribution >= 4 is 31.9 Å². The number of nitrogens with zero attached hydrogens (tertiary/aromatic N) is 1. The van der Waals surface area contributed by atoms with E-state index in [2.05, 4.69) is 0 Å². The summed E-state index contributed by atoms with van der Waals surface area (Å²) in [5.41, 5.74) is -1.02. The number of carboxylic acid groups (broad SMARTS) is 1. The van der Waals surface area contributed by atoms with Gasteiger partial charge in [-0.1, -0.05) is 29.9 Å². The van der Waals surface area contributed by atoms with E-state index in [4.69, 9.17) is 5.11 Å². The van der Waals surface area contributed by atoms with Crippen LogP contribution in [0.3, 0.4) is 0 Å². The molecule has 23 heavy (non-hydrogen) atoms. The Bertz CT molecular complexity index is 775. The summed E-state index contributed by atoms with van der Waals surface area (Å²) in [6, 6.07) is 4.77. The van der Waals surface area contributed by atoms with Crippen LogP contribution in [0.1, 0.15) is 37.0 Å². The molecule has 0 spiro atoms. The van der Waals surface area contributed by atoms with Gasteiger partial charge in [0, 0.05) is 0 Å². The standard InChI is InChI=1S/C13H18FNO6S2/c1-3-9-22(18,19)12(4-2)15(23(14,20)21)11-8-6-5-7-10(11)13(16)17/h5-8,12H,3-4,9H2,1-2H3,(H,16,17). The van der Waals surface area contributed by atoms with Gasteiger partial charge < -0.3 is 5.11 Å². The number of carboxylic acids is 1. The van der Waals surface area contributed by atoms with Gasteiger partial charge >= 0.3 is 16.4 Å². The second kappa shape index (κ2) is 7.26. The minimum absolute atomic E-state index is 0.0431. The van der Waals surface area contributed by atoms with Gasteiger partial charge in [0.25, 0.3) is 0 Å². The Morgan fingerprint density at radius 1 is 1.22 bits per heavy atom. The quantitative estimate of drug-likeness (QED) is 0.704. The molecule has 10 heteroatoms. The summed E-state index contributed by atoms with van der Waals surface area (Å²) in [5, 5.41) is 7.44. The molecule has 0 aliphatic carbocycles. The van der Waals surface area contributed by atoms with E-state index in [1.807, 2.05) is 0 Å². The summed E-state index contributed by atoms with van der Waals surface area (Å²) in [7, 11) is -9.48. The number of aromatic carboxylic acids is 1. The van der Waals surface area contributed by atoms with Gasteiger partial charge in [0.1, 0.15) is 5.37 Å². The van der Waals surface area contributed by atoms with E-state index in [9.17, 15) is 25.5 Å². The van der Waals surface area contributed by atoms with Crippen LogP contribution >= 0.6 is 0 Å². The SMILES string of the molecule is CCCS(=O)(=O)C(CC)N(c1ccccc1C(=O)O)S(=O)(=O)F. The lowest BCUT2D eigenvalue weighted by Gasteiger charge is -2.29. The maximum Gasteiger partial charge on any atom is 0.400 e. The summed E-state index contributed by atoms with van der Waals surface area (Å²) in [6.45, 7) is 2.98. The molecule has 7 nitrogen and oxygen atoms in total. The third-order valence-electron chi connectivity index (χ3n) is 3.12. The molecule has 1 atom stereocenters. The van der Waals surface area contributed by atoms with Crippen LogP contribution in [0.5, 0.6) is 0 Å². The fourth-order valence-corrected chi connectivity index (χ4v) is 5.53. The van der Waals surface area contributed by atoms with E-state index in [0.717, 1.165) is 12.1 Å². The second-order valence-corrected chi connectivity index (χ2v) is 8.29. The number of hydrogen-bond donors (Lipinski definition) is 1. The van der Waals surface area contributed by atoms with E-state index < -0.39 is 42.8 Å². The largest absolute Gasteiger partial charge is 0.478 e. The van der Waals surface area contributed by atoms with Gasteiger partial charge in [-0.3, -0.25) is 0 Å². The Labute approximate surface area is 135 Å². The van der Waals surface area contributed by atoms with Crippen LogP contribution < -0.4 is 4.31 Å². The third kappa shape index (κ3) is 4.41. The van der Waals surface area contributed by atoms with Gasteiger partial charge in [0.15, 0.2) is 9.84 Å². The predicted molar refractivity (Wildman–Crippen MR) is 84.1 cm³/mol. The average Bonchev–Trinajstić information content (AvgIpc) is 2.42. The number of carbonyl (C=O) groups is 1. The van der Waals surface area contributed by atoms with Crippen molar-refractivity contribution in [3.8, 4) is 0 Å². The molecular formula is C13H18FNO6S2. The Hall–Kier alpha value is -1.68. The number of para-hydroxylation sites is 1. The molecule has 0 bridgehead atoms. The highest BCUT2D eigenvalue weighted by Crippen LogP contribution is 2.30. The number of halogens is 1. The topological polar surface area (TPSA) is 109 Å². The fraction of sp³-hybridized carbons (Fsp3) is 0.462. The summed E-state index contributed by atoms with van der Waals surface area (Å²) in [4.78, 5) is 11.2. The van der Waals surface area contributed by atoms with Gasteiger partial charge in [0.05, 0.1) is 17.0 Å². The van der Waals surface area contributed by atoms with Crippen LogP contribution in [0, 0.1) is 0 Å². The Morgan fingerprint density at radius 2 is 1.78 bits per heavy atom. The molecule has 0 fully saturated rings. The number of benzene rings is 1. The highest BCUT2D eigenvalue weighted by molar-refractivity contribution is 7.94. The van der Waals surface area contributed by atoms with Crippen molar-refractivity contribution in [2.75, 3.05) is 10.1 Å². The first kappa shape index (κ1) is 19.4. The minimum atomic E-state index is -5.50. The zero-order valence-corrected chi connectivity index (χ0v) is 14.3. The molecule has 0 aliphatic heterocycles. The lowest BCUT2D eigenvalue weighted by molar-refractivity contribution is 0.0697. The van der Waals surface area contributed by atoms with Gasteiger partial charge in [-0.15, -0.1) is 0 Å². The highest BCUT2D eigenvalue weighted by atomic mass is 32.3. The zero-order valence-electron chi connectivity index (χ0n) is 12.6. The van der Waals surface area contributed by atoms with E-state index in [0.29, 0.717) is 0 Å². The molecule has 1 unspecified atom stereocenters. The third-order valence-corrected chi connectivity index (χ3v) is 6.53. The van der Waals surface area contributed by atoms with Gasteiger partial charge in [-0.25, -0.2) is 17.5 Å². The average molecular weight is 367 g/mol. The lowest BCUT2D eigenvalue weighted by Crippen LogP contribution is -2.44. The molecule has 130 valence electrons. The van der Waals surface area contributed by atoms with Crippen molar-refractivity contribution in [1.82, 2.24) is 0 Å². The van der Waals surface area contributed by atoms with Gasteiger partial charge in [-0.2, -0.15) is 8.42 Å². The molecule has 1 N–H and O–H groups in total. The van der Waals surface area contributed by atoms with Crippen LogP contribution in [0.25, 0.3) is 0 Å². The monoisotopic (exact) mass is 367 g/mol. The maximum absolute atomic E-state index is 13.8. The van der Waals surface area contributed by atoms with E-state index in [1.165, 1.54) is 19.1 Å². The highest BCUT2D eigenvalue weighted by Gasteiger charge is 2.39. The van der Waals surface area contributed by atoms with E-state index in [-0.39, 0.29) is 22.9 Å². The number of rotatable bonds is 8. The van der Waals surface area contributed by atoms with E-state index >= 15 is 0 Å². The van der Waals surface area contributed by atoms with Crippen molar-refractivity contribution in [3.63, 3.8) is 0 Å². The molecule has 1 aromatic rings. The smallest absolute Gasteiger partial charge is 0.400 e. The molecule has 0 aromatic heterocycles. The van der Waals surface area contributed by atoms with E-state index in [1.54, 1.807) is 6.92 Å². The molecule has 0 amide bonds. The molecule has 0 saturated heterocycles. The van der Waals surface area contributed by atoms with Crippen molar-refractivity contribution in [2.45, 2.75) is 32.1 Å². The van der Waals surface area contributed by atoms with Crippen LogP contribution in [0.15, 0.2) is 24.3 Å². The molecule has 0 aliphatic rings. The van der Waals surface area contributed by atoms with Gasteiger partial charge in [0.2, 0.25) is 0 Å². The van der Waals surface area contributed by atoms with Crippen molar-refractivity contribution in [3.05, 3.63) is 29.8 Å². The summed E-state index contributed by atoms with van der Waals surface area (Å²) in [6.07, 6.45) is -0.000972. The number of hydrogen-bond acceptors (Lipinski definition) is 5. The number of anilines is 1. The van der Waals surface area contributed by atoms with Gasteiger partial charge in [-0.05, 0) is 25.0 Å². The van der Waals surface area contributed by atoms with Crippen LogP contribution in [-0.4, -0.2) is 39.0 Å². The Morgan fingerprint density at radius 3 is 2.22 bits per heavy atom. The number of sulfone groups is 1. The fourth-order valence-electron chi connectivity index (χ4n) is 2.25. The molecular weight excluding hydrogens is 349 g/mol. The first-order valence-electron chi connectivity index (χ1n) is 6.84. The normalized spacial score (nSPS) is 13.5. The molecule has 0 saturated carbocycles. The van der Waals surface area contributed by atoms with Crippen LogP contribution in [0.4, 0.5) is 9.57 Å². The summed E-state index contributed by atoms with van der Waals surface area (Å²) >= 11 is 0. The van der Waals surface area contributed by atoms with Crippen LogP contribution in [0.2, 0.25) is 0 Å². The molecule has 1 rings (SSSR count). The first-order chi connectivity index (χ1) is 10.6. The minimum Gasteiger partial charge on any atom is -0.478 e. The maximum atomic E-state index is 13.8. The lowest BCUT2D eigenvalue weighted by atomic mass is 10.2.